The van der Waals surface area contributed by atoms with Gasteiger partial charge in [-0.15, -0.1) is 0 Å². The standard InChI is InChI=1S/C16H25NO/c1-12-9-13(2)15(14(3)10-12)11-17-16(4)5-7-18-8-6-16/h9-10,17H,5-8,11H2,1-4H3. The van der Waals surface area contributed by atoms with E-state index >= 15 is 0 Å². The fourth-order valence-corrected chi connectivity index (χ4v) is 2.79. The Morgan fingerprint density at radius 3 is 2.22 bits per heavy atom. The normalized spacial score (nSPS) is 18.9. The minimum atomic E-state index is 0.238. The van der Waals surface area contributed by atoms with E-state index in [0.717, 1.165) is 32.6 Å². The van der Waals surface area contributed by atoms with Crippen molar-refractivity contribution in [3.63, 3.8) is 0 Å². The molecule has 0 radical (unpaired) electrons. The highest BCUT2D eigenvalue weighted by Crippen LogP contribution is 2.22. The largest absolute Gasteiger partial charge is 0.381 e. The Bertz CT molecular complexity index is 396. The zero-order valence-electron chi connectivity index (χ0n) is 12.1. The van der Waals surface area contributed by atoms with E-state index in [0.29, 0.717) is 0 Å². The molecule has 0 saturated carbocycles. The SMILES string of the molecule is Cc1cc(C)c(CNC2(C)CCOCC2)c(C)c1. The highest BCUT2D eigenvalue weighted by Gasteiger charge is 2.26. The van der Waals surface area contributed by atoms with Gasteiger partial charge in [0.05, 0.1) is 0 Å². The molecule has 1 saturated heterocycles. The molecule has 0 aromatic heterocycles. The number of hydrogen-bond donors (Lipinski definition) is 1. The lowest BCUT2D eigenvalue weighted by Gasteiger charge is -2.35. The molecular formula is C16H25NO. The maximum absolute atomic E-state index is 5.44. The van der Waals surface area contributed by atoms with Crippen LogP contribution < -0.4 is 5.32 Å². The number of aryl methyl sites for hydroxylation is 3. The van der Waals surface area contributed by atoms with Gasteiger partial charge in [-0.2, -0.15) is 0 Å². The molecule has 0 unspecified atom stereocenters. The van der Waals surface area contributed by atoms with Crippen molar-refractivity contribution in [2.75, 3.05) is 13.2 Å². The molecule has 0 amide bonds. The molecule has 0 bridgehead atoms. The minimum absolute atomic E-state index is 0.238. The minimum Gasteiger partial charge on any atom is -0.381 e. The van der Waals surface area contributed by atoms with Crippen molar-refractivity contribution in [2.24, 2.45) is 0 Å². The van der Waals surface area contributed by atoms with Crippen molar-refractivity contribution in [1.82, 2.24) is 5.32 Å². The Labute approximate surface area is 111 Å². The average molecular weight is 247 g/mol. The summed E-state index contributed by atoms with van der Waals surface area (Å²) in [6, 6.07) is 4.55. The predicted octanol–water partition coefficient (Wildman–Crippen LogP) is 3.27. The molecule has 1 aromatic rings. The van der Waals surface area contributed by atoms with Gasteiger partial charge in [0.1, 0.15) is 0 Å². The summed E-state index contributed by atoms with van der Waals surface area (Å²) in [6.45, 7) is 11.6. The van der Waals surface area contributed by atoms with Gasteiger partial charge in [0.25, 0.3) is 0 Å². The molecule has 100 valence electrons. The second-order valence-electron chi connectivity index (χ2n) is 5.90. The molecule has 0 atom stereocenters. The van der Waals surface area contributed by atoms with Crippen LogP contribution in [-0.4, -0.2) is 18.8 Å². The van der Waals surface area contributed by atoms with Crippen molar-refractivity contribution in [3.05, 3.63) is 34.4 Å². The lowest BCUT2D eigenvalue weighted by Crippen LogP contribution is -2.46. The molecule has 0 spiro atoms. The second-order valence-corrected chi connectivity index (χ2v) is 5.90. The van der Waals surface area contributed by atoms with E-state index in [1.165, 1.54) is 22.3 Å². The van der Waals surface area contributed by atoms with E-state index in [1.54, 1.807) is 0 Å². The Kier molecular flexibility index (Phi) is 4.08. The Morgan fingerprint density at radius 1 is 1.11 bits per heavy atom. The third-order valence-electron chi connectivity index (χ3n) is 4.13. The molecule has 2 heteroatoms. The summed E-state index contributed by atoms with van der Waals surface area (Å²) >= 11 is 0. The molecule has 1 heterocycles. The van der Waals surface area contributed by atoms with Crippen LogP contribution in [0.1, 0.15) is 42.0 Å². The first kappa shape index (κ1) is 13.6. The molecular weight excluding hydrogens is 222 g/mol. The summed E-state index contributed by atoms with van der Waals surface area (Å²) < 4.78 is 5.44. The number of hydrogen-bond acceptors (Lipinski definition) is 2. The van der Waals surface area contributed by atoms with Crippen LogP contribution in [0.15, 0.2) is 12.1 Å². The average Bonchev–Trinajstić information content (AvgIpc) is 2.28. The number of ether oxygens (including phenoxy) is 1. The predicted molar refractivity (Wildman–Crippen MR) is 76.0 cm³/mol. The number of benzene rings is 1. The van der Waals surface area contributed by atoms with Gasteiger partial charge in [-0.3, -0.25) is 0 Å². The third-order valence-corrected chi connectivity index (χ3v) is 4.13. The highest BCUT2D eigenvalue weighted by molar-refractivity contribution is 5.37. The van der Waals surface area contributed by atoms with Crippen LogP contribution in [0.25, 0.3) is 0 Å². The summed E-state index contributed by atoms with van der Waals surface area (Å²) in [5, 5.41) is 3.74. The smallest absolute Gasteiger partial charge is 0.0483 e. The summed E-state index contributed by atoms with van der Waals surface area (Å²) in [6.07, 6.45) is 2.22. The van der Waals surface area contributed by atoms with Gasteiger partial charge in [-0.1, -0.05) is 17.7 Å². The van der Waals surface area contributed by atoms with Crippen molar-refractivity contribution in [2.45, 2.75) is 52.6 Å². The van der Waals surface area contributed by atoms with E-state index in [9.17, 15) is 0 Å². The van der Waals surface area contributed by atoms with Gasteiger partial charge in [0.15, 0.2) is 0 Å². The van der Waals surface area contributed by atoms with Crippen LogP contribution in [0.3, 0.4) is 0 Å². The first-order valence-corrected chi connectivity index (χ1v) is 6.90. The van der Waals surface area contributed by atoms with Crippen molar-refractivity contribution < 1.29 is 4.74 Å². The summed E-state index contributed by atoms with van der Waals surface area (Å²) in [5.41, 5.74) is 5.84. The fourth-order valence-electron chi connectivity index (χ4n) is 2.79. The molecule has 1 N–H and O–H groups in total. The molecule has 1 aliphatic rings. The van der Waals surface area contributed by atoms with E-state index < -0.39 is 0 Å². The van der Waals surface area contributed by atoms with E-state index in [2.05, 4.69) is 45.1 Å². The third kappa shape index (κ3) is 3.12. The topological polar surface area (TPSA) is 21.3 Å². The summed E-state index contributed by atoms with van der Waals surface area (Å²) in [4.78, 5) is 0. The van der Waals surface area contributed by atoms with Gasteiger partial charge in [-0.05, 0) is 57.2 Å². The summed E-state index contributed by atoms with van der Waals surface area (Å²) in [7, 11) is 0. The van der Waals surface area contributed by atoms with Crippen LogP contribution in [0.2, 0.25) is 0 Å². The van der Waals surface area contributed by atoms with Gasteiger partial charge in [0, 0.05) is 25.3 Å². The maximum Gasteiger partial charge on any atom is 0.0483 e. The van der Waals surface area contributed by atoms with Crippen molar-refractivity contribution >= 4 is 0 Å². The van der Waals surface area contributed by atoms with Crippen LogP contribution in [0, 0.1) is 20.8 Å². The molecule has 2 rings (SSSR count). The monoisotopic (exact) mass is 247 g/mol. The van der Waals surface area contributed by atoms with E-state index in [1.807, 2.05) is 0 Å². The Balaban J connectivity index is 2.06. The van der Waals surface area contributed by atoms with Gasteiger partial charge < -0.3 is 10.1 Å². The van der Waals surface area contributed by atoms with Gasteiger partial charge in [0.2, 0.25) is 0 Å². The summed E-state index contributed by atoms with van der Waals surface area (Å²) in [5.74, 6) is 0. The van der Waals surface area contributed by atoms with Crippen LogP contribution in [0.5, 0.6) is 0 Å². The van der Waals surface area contributed by atoms with Crippen molar-refractivity contribution in [1.29, 1.82) is 0 Å². The zero-order chi connectivity index (χ0) is 13.2. The highest BCUT2D eigenvalue weighted by atomic mass is 16.5. The lowest BCUT2D eigenvalue weighted by molar-refractivity contribution is 0.0446. The first-order valence-electron chi connectivity index (χ1n) is 6.90. The molecule has 1 aliphatic heterocycles. The van der Waals surface area contributed by atoms with E-state index in [4.69, 9.17) is 4.74 Å². The Hall–Kier alpha value is -0.860. The molecule has 18 heavy (non-hydrogen) atoms. The molecule has 1 aromatic carbocycles. The van der Waals surface area contributed by atoms with E-state index in [-0.39, 0.29) is 5.54 Å². The molecule has 1 fully saturated rings. The molecule has 0 aliphatic carbocycles. The Morgan fingerprint density at radius 2 is 1.67 bits per heavy atom. The maximum atomic E-state index is 5.44. The molecule has 2 nitrogen and oxygen atoms in total. The number of nitrogens with one attached hydrogen (secondary N) is 1. The van der Waals surface area contributed by atoms with Gasteiger partial charge >= 0.3 is 0 Å². The van der Waals surface area contributed by atoms with Crippen molar-refractivity contribution in [3.8, 4) is 0 Å². The lowest BCUT2D eigenvalue weighted by atomic mass is 9.91. The quantitative estimate of drug-likeness (QED) is 0.885. The second kappa shape index (κ2) is 5.41. The van der Waals surface area contributed by atoms with Crippen LogP contribution >= 0.6 is 0 Å². The fraction of sp³-hybridized carbons (Fsp3) is 0.625. The first-order chi connectivity index (χ1) is 8.50. The van der Waals surface area contributed by atoms with Gasteiger partial charge in [-0.25, -0.2) is 0 Å². The van der Waals surface area contributed by atoms with Crippen LogP contribution in [-0.2, 0) is 11.3 Å². The van der Waals surface area contributed by atoms with Crippen LogP contribution in [0.4, 0.5) is 0 Å². The zero-order valence-corrected chi connectivity index (χ0v) is 12.1. The number of rotatable bonds is 3.